The Morgan fingerprint density at radius 1 is 1.20 bits per heavy atom. The summed E-state index contributed by atoms with van der Waals surface area (Å²) in [4.78, 5) is 12.1. The topological polar surface area (TPSA) is 46.5 Å². The summed E-state index contributed by atoms with van der Waals surface area (Å²) in [5.41, 5.74) is 0.208. The molecule has 0 saturated heterocycles. The van der Waals surface area contributed by atoms with Crippen LogP contribution in [0, 0.1) is 0 Å². The fraction of sp³-hybridized carbons (Fsp3) is 0.588. The maximum absolute atomic E-state index is 12.1. The van der Waals surface area contributed by atoms with Gasteiger partial charge in [-0.25, -0.2) is 0 Å². The van der Waals surface area contributed by atoms with Crippen LogP contribution in [0.25, 0.3) is 0 Å². The predicted octanol–water partition coefficient (Wildman–Crippen LogP) is 3.74. The molecule has 1 saturated carbocycles. The van der Waals surface area contributed by atoms with E-state index in [1.54, 1.807) is 19.2 Å². The SMILES string of the molecule is COc1ccc(C(=O)CCCC2(O)CCCCC2)cc1. The number of ether oxygens (including phenoxy) is 1. The summed E-state index contributed by atoms with van der Waals surface area (Å²) >= 11 is 0. The van der Waals surface area contributed by atoms with E-state index in [2.05, 4.69) is 0 Å². The number of Topliss-reactive ketones (excluding diaryl/α,β-unsaturated/α-hetero) is 1. The van der Waals surface area contributed by atoms with Crippen LogP contribution >= 0.6 is 0 Å². The number of aliphatic hydroxyl groups is 1. The van der Waals surface area contributed by atoms with E-state index in [0.29, 0.717) is 6.42 Å². The zero-order valence-electron chi connectivity index (χ0n) is 12.2. The van der Waals surface area contributed by atoms with E-state index in [9.17, 15) is 9.90 Å². The van der Waals surface area contributed by atoms with Crippen molar-refractivity contribution >= 4 is 5.78 Å². The Morgan fingerprint density at radius 3 is 2.45 bits per heavy atom. The first-order valence-corrected chi connectivity index (χ1v) is 7.53. The number of hydrogen-bond donors (Lipinski definition) is 1. The molecule has 3 nitrogen and oxygen atoms in total. The van der Waals surface area contributed by atoms with Gasteiger partial charge < -0.3 is 9.84 Å². The molecular weight excluding hydrogens is 252 g/mol. The van der Waals surface area contributed by atoms with Crippen LogP contribution in [0.15, 0.2) is 24.3 Å². The lowest BCUT2D eigenvalue weighted by molar-refractivity contribution is -0.00540. The molecule has 1 aliphatic rings. The Morgan fingerprint density at radius 2 is 1.85 bits per heavy atom. The van der Waals surface area contributed by atoms with E-state index in [1.807, 2.05) is 12.1 Å². The van der Waals surface area contributed by atoms with Gasteiger partial charge in [-0.15, -0.1) is 0 Å². The maximum Gasteiger partial charge on any atom is 0.162 e. The summed E-state index contributed by atoms with van der Waals surface area (Å²) in [6.07, 6.45) is 7.26. The third kappa shape index (κ3) is 4.07. The molecule has 1 aliphatic carbocycles. The summed E-state index contributed by atoms with van der Waals surface area (Å²) in [5.74, 6) is 0.908. The first kappa shape index (κ1) is 15.0. The van der Waals surface area contributed by atoms with Crippen LogP contribution in [0.5, 0.6) is 5.75 Å². The lowest BCUT2D eigenvalue weighted by Crippen LogP contribution is -2.31. The summed E-state index contributed by atoms with van der Waals surface area (Å²) in [6, 6.07) is 7.22. The van der Waals surface area contributed by atoms with E-state index >= 15 is 0 Å². The molecule has 0 amide bonds. The molecule has 20 heavy (non-hydrogen) atoms. The second-order valence-electron chi connectivity index (χ2n) is 5.79. The molecule has 0 heterocycles. The van der Waals surface area contributed by atoms with Crippen LogP contribution in [0.3, 0.4) is 0 Å². The molecule has 1 fully saturated rings. The molecule has 0 unspecified atom stereocenters. The monoisotopic (exact) mass is 276 g/mol. The molecule has 1 N–H and O–H groups in total. The Hall–Kier alpha value is -1.35. The van der Waals surface area contributed by atoms with Crippen molar-refractivity contribution in [1.82, 2.24) is 0 Å². The van der Waals surface area contributed by atoms with Gasteiger partial charge in [-0.2, -0.15) is 0 Å². The second kappa shape index (κ2) is 6.89. The first-order valence-electron chi connectivity index (χ1n) is 7.53. The smallest absolute Gasteiger partial charge is 0.162 e. The lowest BCUT2D eigenvalue weighted by Gasteiger charge is -2.32. The summed E-state index contributed by atoms with van der Waals surface area (Å²) in [5, 5.41) is 10.4. The average molecular weight is 276 g/mol. The minimum atomic E-state index is -0.515. The zero-order chi connectivity index (χ0) is 14.4. The van der Waals surface area contributed by atoms with Crippen molar-refractivity contribution in [1.29, 1.82) is 0 Å². The van der Waals surface area contributed by atoms with Crippen LogP contribution < -0.4 is 4.74 Å². The fourth-order valence-electron chi connectivity index (χ4n) is 2.96. The number of hydrogen-bond acceptors (Lipinski definition) is 3. The van der Waals surface area contributed by atoms with E-state index in [-0.39, 0.29) is 5.78 Å². The molecule has 110 valence electrons. The van der Waals surface area contributed by atoms with Crippen molar-refractivity contribution < 1.29 is 14.6 Å². The van der Waals surface area contributed by atoms with Crippen LogP contribution in [-0.2, 0) is 0 Å². The third-order valence-corrected chi connectivity index (χ3v) is 4.24. The highest BCUT2D eigenvalue weighted by molar-refractivity contribution is 5.96. The van der Waals surface area contributed by atoms with Gasteiger partial charge in [-0.1, -0.05) is 19.3 Å². The Labute approximate surface area is 121 Å². The zero-order valence-corrected chi connectivity index (χ0v) is 12.2. The van der Waals surface area contributed by atoms with Crippen molar-refractivity contribution in [3.63, 3.8) is 0 Å². The van der Waals surface area contributed by atoms with Gasteiger partial charge >= 0.3 is 0 Å². The van der Waals surface area contributed by atoms with Crippen LogP contribution in [0.4, 0.5) is 0 Å². The molecule has 0 bridgehead atoms. The minimum absolute atomic E-state index is 0.145. The van der Waals surface area contributed by atoms with Crippen molar-refractivity contribution in [2.45, 2.75) is 57.0 Å². The summed E-state index contributed by atoms with van der Waals surface area (Å²) < 4.78 is 5.08. The van der Waals surface area contributed by atoms with Gasteiger partial charge in [0.1, 0.15) is 5.75 Å². The third-order valence-electron chi connectivity index (χ3n) is 4.24. The molecule has 0 atom stereocenters. The molecule has 0 aliphatic heterocycles. The maximum atomic E-state index is 12.1. The van der Waals surface area contributed by atoms with Crippen molar-refractivity contribution in [3.8, 4) is 5.75 Å². The fourth-order valence-corrected chi connectivity index (χ4v) is 2.96. The van der Waals surface area contributed by atoms with E-state index in [4.69, 9.17) is 4.74 Å². The highest BCUT2D eigenvalue weighted by Gasteiger charge is 2.28. The second-order valence-corrected chi connectivity index (χ2v) is 5.79. The molecule has 0 radical (unpaired) electrons. The summed E-state index contributed by atoms with van der Waals surface area (Å²) in [6.45, 7) is 0. The number of benzene rings is 1. The van der Waals surface area contributed by atoms with Crippen LogP contribution in [-0.4, -0.2) is 23.6 Å². The summed E-state index contributed by atoms with van der Waals surface area (Å²) in [7, 11) is 1.61. The molecule has 0 spiro atoms. The van der Waals surface area contributed by atoms with Crippen molar-refractivity contribution in [2.75, 3.05) is 7.11 Å². The Balaban J connectivity index is 1.79. The Bertz CT molecular complexity index is 430. The quantitative estimate of drug-likeness (QED) is 0.805. The molecule has 0 aromatic heterocycles. The van der Waals surface area contributed by atoms with Crippen LogP contribution in [0.1, 0.15) is 61.7 Å². The largest absolute Gasteiger partial charge is 0.497 e. The van der Waals surface area contributed by atoms with Gasteiger partial charge in [-0.05, 0) is 49.9 Å². The van der Waals surface area contributed by atoms with Gasteiger partial charge in [0.25, 0.3) is 0 Å². The number of rotatable bonds is 6. The highest BCUT2D eigenvalue weighted by atomic mass is 16.5. The molecular formula is C17H24O3. The molecule has 1 aromatic carbocycles. The van der Waals surface area contributed by atoms with Gasteiger partial charge in [0.15, 0.2) is 5.78 Å². The average Bonchev–Trinajstić information content (AvgIpc) is 2.48. The molecule has 3 heteroatoms. The van der Waals surface area contributed by atoms with Gasteiger partial charge in [0.05, 0.1) is 12.7 Å². The van der Waals surface area contributed by atoms with E-state index < -0.39 is 5.60 Å². The van der Waals surface area contributed by atoms with Crippen molar-refractivity contribution in [3.05, 3.63) is 29.8 Å². The number of methoxy groups -OCH3 is 1. The van der Waals surface area contributed by atoms with Gasteiger partial charge in [0.2, 0.25) is 0 Å². The number of carbonyl (C=O) groups excluding carboxylic acids is 1. The minimum Gasteiger partial charge on any atom is -0.497 e. The normalized spacial score (nSPS) is 17.7. The predicted molar refractivity (Wildman–Crippen MR) is 79.2 cm³/mol. The lowest BCUT2D eigenvalue weighted by atomic mass is 9.81. The number of ketones is 1. The molecule has 2 rings (SSSR count). The van der Waals surface area contributed by atoms with E-state index in [0.717, 1.165) is 49.8 Å². The van der Waals surface area contributed by atoms with E-state index in [1.165, 1.54) is 6.42 Å². The first-order chi connectivity index (χ1) is 9.63. The number of carbonyl (C=O) groups is 1. The Kier molecular flexibility index (Phi) is 5.18. The van der Waals surface area contributed by atoms with Gasteiger partial charge in [-0.3, -0.25) is 4.79 Å². The van der Waals surface area contributed by atoms with Crippen LogP contribution in [0.2, 0.25) is 0 Å². The standard InChI is InChI=1S/C17H24O3/c1-20-15-9-7-14(8-10-15)16(18)6-5-13-17(19)11-3-2-4-12-17/h7-10,19H,2-6,11-13H2,1H3. The molecule has 1 aromatic rings. The van der Waals surface area contributed by atoms with Gasteiger partial charge in [0, 0.05) is 12.0 Å². The van der Waals surface area contributed by atoms with Crippen molar-refractivity contribution in [2.24, 2.45) is 0 Å². The highest BCUT2D eigenvalue weighted by Crippen LogP contribution is 2.32.